The van der Waals surface area contributed by atoms with E-state index in [2.05, 4.69) is 37.2 Å². The van der Waals surface area contributed by atoms with E-state index in [4.69, 9.17) is 21.1 Å². The third-order valence-electron chi connectivity index (χ3n) is 10.3. The number of hydrogen-bond acceptors (Lipinski definition) is 5. The molecule has 1 amide bonds. The lowest BCUT2D eigenvalue weighted by Gasteiger charge is -2.37. The lowest BCUT2D eigenvalue weighted by molar-refractivity contribution is -0.146. The third kappa shape index (κ3) is 4.95. The Morgan fingerprint density at radius 1 is 1.00 bits per heavy atom. The van der Waals surface area contributed by atoms with E-state index in [1.165, 1.54) is 9.87 Å². The molecule has 47 heavy (non-hydrogen) atoms. The van der Waals surface area contributed by atoms with Gasteiger partial charge in [-0.05, 0) is 72.1 Å². The number of amides is 1. The van der Waals surface area contributed by atoms with Crippen molar-refractivity contribution in [2.45, 2.75) is 50.2 Å². The van der Waals surface area contributed by atoms with Crippen LogP contribution in [0.2, 0.25) is 23.7 Å². The number of hydrogen-bond donors (Lipinski definition) is 2. The topological polar surface area (TPSA) is 96.8 Å². The molecule has 10 heteroatoms. The molecule has 0 unspecified atom stereocenters. The number of methoxy groups -OCH3 is 1. The minimum atomic E-state index is -2.30. The maximum absolute atomic E-state index is 14.9. The van der Waals surface area contributed by atoms with Gasteiger partial charge in [0.25, 0.3) is 11.5 Å². The van der Waals surface area contributed by atoms with Crippen molar-refractivity contribution in [1.82, 2.24) is 9.78 Å². The smallest absolute Gasteiger partial charge is 0.279 e. The Bertz CT molecular complexity index is 2040. The number of aliphatic hydroxyl groups excluding tert-OH is 1. The largest absolute Gasteiger partial charge is 0.497 e. The first-order valence-corrected chi connectivity index (χ1v) is 19.4. The van der Waals surface area contributed by atoms with Crippen molar-refractivity contribution in [1.29, 1.82) is 0 Å². The minimum absolute atomic E-state index is 0.0241. The zero-order valence-corrected chi connectivity index (χ0v) is 28.6. The summed E-state index contributed by atoms with van der Waals surface area (Å²) in [4.78, 5) is 29.9. The first kappa shape index (κ1) is 31.4. The maximum atomic E-state index is 14.9. The maximum Gasteiger partial charge on any atom is 0.279 e. The first-order valence-electron chi connectivity index (χ1n) is 15.9. The van der Waals surface area contributed by atoms with Gasteiger partial charge < -0.3 is 19.5 Å². The van der Waals surface area contributed by atoms with Gasteiger partial charge in [-0.25, -0.2) is 4.68 Å². The number of para-hydroxylation sites is 1. The molecule has 0 aliphatic carbocycles. The lowest BCUT2D eigenvalue weighted by atomic mass is 9.82. The summed E-state index contributed by atoms with van der Waals surface area (Å²) < 4.78 is 13.9. The average molecular weight is 668 g/mol. The molecule has 242 valence electrons. The highest BCUT2D eigenvalue weighted by atomic mass is 35.5. The second-order valence-electron chi connectivity index (χ2n) is 13.2. The summed E-state index contributed by atoms with van der Waals surface area (Å²) in [6.07, 6.45) is 0.0973. The molecule has 5 aromatic rings. The first-order chi connectivity index (χ1) is 22.6. The van der Waals surface area contributed by atoms with Gasteiger partial charge in [-0.1, -0.05) is 73.2 Å². The van der Waals surface area contributed by atoms with Crippen LogP contribution >= 0.6 is 11.6 Å². The number of benzene rings is 4. The van der Waals surface area contributed by atoms with E-state index in [-0.39, 0.29) is 42.2 Å². The second kappa shape index (κ2) is 11.8. The van der Waals surface area contributed by atoms with Gasteiger partial charge in [-0.15, -0.1) is 0 Å². The second-order valence-corrected chi connectivity index (χ2v) is 18.3. The number of aliphatic hydroxyl groups is 1. The number of ether oxygens (including phenoxy) is 2. The summed E-state index contributed by atoms with van der Waals surface area (Å²) >= 11 is 6.61. The number of nitrogens with one attached hydrogen (secondary N) is 1. The van der Waals surface area contributed by atoms with Crippen LogP contribution in [-0.2, 0) is 21.7 Å². The van der Waals surface area contributed by atoms with Crippen LogP contribution in [0.3, 0.4) is 0 Å². The molecular weight excluding hydrogens is 630 g/mol. The molecule has 1 spiro atoms. The molecule has 7 rings (SSSR count). The quantitative estimate of drug-likeness (QED) is 0.194. The van der Waals surface area contributed by atoms with Gasteiger partial charge in [0.1, 0.15) is 5.75 Å². The standard InChI is InChI=1S/C37H38ClN3O5Si/c1-23-34(47(3,4)28-15-13-27(45-2)14-16-28)33(18-19-42)46-37(23)30-21-25(38)12-17-32(30)40(36(37)44)22-24-8-7-9-26(20-24)41-35(43)29-10-5-6-11-31(29)39-41/h5-17,20-21,23,33-34,39,42H,18-19,22H2,1-4H3/t23-,33+,34-,37+/m0/s1. The van der Waals surface area contributed by atoms with Crippen LogP contribution in [0.1, 0.15) is 24.5 Å². The zero-order valence-electron chi connectivity index (χ0n) is 26.9. The van der Waals surface area contributed by atoms with Crippen molar-refractivity contribution in [2.75, 3.05) is 18.6 Å². The molecule has 1 aromatic heterocycles. The van der Waals surface area contributed by atoms with Crippen LogP contribution in [0.15, 0.2) is 95.8 Å². The predicted molar refractivity (Wildman–Crippen MR) is 188 cm³/mol. The fraction of sp³-hybridized carbons (Fsp3) is 0.297. The molecule has 8 nitrogen and oxygen atoms in total. The molecule has 0 radical (unpaired) electrons. The highest BCUT2D eigenvalue weighted by Crippen LogP contribution is 2.60. The normalized spacial score (nSPS) is 22.4. The van der Waals surface area contributed by atoms with Crippen molar-refractivity contribution in [3.05, 3.63) is 117 Å². The van der Waals surface area contributed by atoms with E-state index in [9.17, 15) is 14.7 Å². The van der Waals surface area contributed by atoms with Crippen LogP contribution in [0.25, 0.3) is 16.6 Å². The lowest BCUT2D eigenvalue weighted by Crippen LogP contribution is -2.51. The van der Waals surface area contributed by atoms with Gasteiger partial charge in [0.2, 0.25) is 0 Å². The fourth-order valence-corrected chi connectivity index (χ4v) is 12.3. The van der Waals surface area contributed by atoms with Gasteiger partial charge in [-0.2, -0.15) is 0 Å². The van der Waals surface area contributed by atoms with Crippen LogP contribution in [0, 0.1) is 5.92 Å². The zero-order chi connectivity index (χ0) is 33.1. The third-order valence-corrected chi connectivity index (χ3v) is 14.9. The Morgan fingerprint density at radius 2 is 1.77 bits per heavy atom. The number of anilines is 1. The number of aromatic nitrogens is 2. The Morgan fingerprint density at radius 3 is 2.49 bits per heavy atom. The van der Waals surface area contributed by atoms with E-state index < -0.39 is 13.7 Å². The van der Waals surface area contributed by atoms with Crippen LogP contribution < -0.4 is 20.4 Å². The van der Waals surface area contributed by atoms with E-state index in [1.807, 2.05) is 66.7 Å². The van der Waals surface area contributed by atoms with Crippen LogP contribution in [0.4, 0.5) is 5.69 Å². The molecule has 2 aliphatic rings. The van der Waals surface area contributed by atoms with Crippen molar-refractivity contribution in [3.63, 3.8) is 0 Å². The molecule has 2 N–H and O–H groups in total. The van der Waals surface area contributed by atoms with Crippen molar-refractivity contribution < 1.29 is 19.4 Å². The van der Waals surface area contributed by atoms with E-state index in [0.717, 1.165) is 28.1 Å². The molecule has 0 saturated carbocycles. The molecule has 4 atom stereocenters. The number of nitrogens with zero attached hydrogens (tertiary/aromatic N) is 2. The Hall–Kier alpha value is -4.15. The number of aromatic amines is 1. The summed E-state index contributed by atoms with van der Waals surface area (Å²) in [6.45, 7) is 6.99. The molecular formula is C37H38ClN3O5Si. The number of fused-ring (bicyclic) bond motifs is 3. The van der Waals surface area contributed by atoms with Gasteiger partial charge >= 0.3 is 0 Å². The van der Waals surface area contributed by atoms with Gasteiger partial charge in [-0.3, -0.25) is 14.7 Å². The SMILES string of the molecule is COc1ccc([Si](C)(C)[C@@H]2[C@@H](CCO)O[C@]3(C(=O)N(Cc4cccc(-n5[nH]c6ccccc6c5=O)c4)c4ccc(Cl)cc43)[C@H]2C)cc1. The van der Waals surface area contributed by atoms with E-state index in [1.54, 1.807) is 24.1 Å². The Kier molecular flexibility index (Phi) is 7.91. The van der Waals surface area contributed by atoms with Gasteiger partial charge in [0, 0.05) is 23.1 Å². The molecule has 1 fully saturated rings. The highest BCUT2D eigenvalue weighted by molar-refractivity contribution is 6.91. The Labute approximate surface area is 279 Å². The summed E-state index contributed by atoms with van der Waals surface area (Å²) in [5, 5.41) is 15.8. The number of carbonyl (C=O) groups excluding carboxylic acids is 1. The highest BCUT2D eigenvalue weighted by Gasteiger charge is 2.66. The van der Waals surface area contributed by atoms with Crippen LogP contribution in [0.5, 0.6) is 5.75 Å². The van der Waals surface area contributed by atoms with Crippen molar-refractivity contribution in [2.24, 2.45) is 5.92 Å². The molecule has 3 heterocycles. The van der Waals surface area contributed by atoms with E-state index >= 15 is 0 Å². The van der Waals surface area contributed by atoms with Gasteiger partial charge in [0.15, 0.2) is 5.60 Å². The van der Waals surface area contributed by atoms with Crippen LogP contribution in [-0.4, -0.2) is 48.7 Å². The predicted octanol–water partition coefficient (Wildman–Crippen LogP) is 6.13. The molecule has 1 saturated heterocycles. The number of rotatable bonds is 8. The number of halogens is 1. The van der Waals surface area contributed by atoms with Crippen molar-refractivity contribution >= 4 is 47.4 Å². The molecule has 2 aliphatic heterocycles. The fourth-order valence-electron chi connectivity index (χ4n) is 8.06. The number of carbonyl (C=O) groups is 1. The average Bonchev–Trinajstić information content (AvgIpc) is 3.65. The number of H-pyrrole nitrogens is 1. The molecule has 0 bridgehead atoms. The monoisotopic (exact) mass is 667 g/mol. The minimum Gasteiger partial charge on any atom is -0.497 e. The molecule has 4 aromatic carbocycles. The summed E-state index contributed by atoms with van der Waals surface area (Å²) in [5.74, 6) is 0.454. The van der Waals surface area contributed by atoms with Gasteiger partial charge in [0.05, 0.1) is 50.1 Å². The summed E-state index contributed by atoms with van der Waals surface area (Å²) in [6, 6.07) is 28.9. The van der Waals surface area contributed by atoms with E-state index in [0.29, 0.717) is 22.5 Å². The van der Waals surface area contributed by atoms with Crippen molar-refractivity contribution in [3.8, 4) is 11.4 Å². The summed E-state index contributed by atoms with van der Waals surface area (Å²) in [5.41, 5.74) is 2.45. The summed E-state index contributed by atoms with van der Waals surface area (Å²) in [7, 11) is -0.639. The Balaban J connectivity index is 1.28.